The largest absolute Gasteiger partial charge is 0.486 e. The van der Waals surface area contributed by atoms with Gasteiger partial charge in [0.1, 0.15) is 11.4 Å². The van der Waals surface area contributed by atoms with Gasteiger partial charge in [-0.15, -0.1) is 0 Å². The minimum atomic E-state index is -0.389. The molecule has 4 rings (SSSR count). The number of benzene rings is 1. The van der Waals surface area contributed by atoms with Crippen molar-refractivity contribution in [2.45, 2.75) is 52.6 Å². The molecular weight excluding hydrogens is 326 g/mol. The molecule has 1 aromatic carbocycles. The lowest BCUT2D eigenvalue weighted by Gasteiger charge is -2.44. The van der Waals surface area contributed by atoms with Gasteiger partial charge in [0.15, 0.2) is 5.78 Å². The molecule has 1 spiro atoms. The van der Waals surface area contributed by atoms with E-state index in [-0.39, 0.29) is 11.4 Å². The minimum absolute atomic E-state index is 0.203. The molecule has 0 saturated carbocycles. The molecule has 2 aliphatic rings. The van der Waals surface area contributed by atoms with Crippen molar-refractivity contribution in [3.8, 4) is 5.75 Å². The number of carbonyl (C=O) groups is 1. The van der Waals surface area contributed by atoms with Crippen LogP contribution in [0.15, 0.2) is 18.2 Å². The predicted molar refractivity (Wildman–Crippen MR) is 101 cm³/mol. The molecular formula is C21H25N3O2. The van der Waals surface area contributed by atoms with Crippen LogP contribution in [0, 0.1) is 27.7 Å². The number of aromatic nitrogens is 2. The van der Waals surface area contributed by atoms with Gasteiger partial charge in [0, 0.05) is 37.3 Å². The average Bonchev–Trinajstić information content (AvgIpc) is 2.56. The van der Waals surface area contributed by atoms with Crippen molar-refractivity contribution in [3.63, 3.8) is 0 Å². The zero-order valence-corrected chi connectivity index (χ0v) is 15.9. The number of fused-ring (bicyclic) bond motifs is 1. The quantitative estimate of drug-likeness (QED) is 0.784. The Bertz CT molecular complexity index is 863. The molecule has 0 bridgehead atoms. The summed E-state index contributed by atoms with van der Waals surface area (Å²) in [5.74, 6) is 1.77. The number of piperidine rings is 1. The van der Waals surface area contributed by atoms with E-state index in [9.17, 15) is 4.79 Å². The monoisotopic (exact) mass is 351 g/mol. The summed E-state index contributed by atoms with van der Waals surface area (Å²) in [4.78, 5) is 24.1. The number of ether oxygens (including phenoxy) is 1. The maximum atomic E-state index is 12.8. The van der Waals surface area contributed by atoms with Crippen LogP contribution in [-0.2, 0) is 0 Å². The van der Waals surface area contributed by atoms with Gasteiger partial charge in [-0.25, -0.2) is 9.97 Å². The van der Waals surface area contributed by atoms with Crippen LogP contribution in [0.25, 0.3) is 0 Å². The molecule has 0 N–H and O–H groups in total. The Balaban J connectivity index is 1.56. The zero-order valence-electron chi connectivity index (χ0n) is 15.9. The molecule has 0 radical (unpaired) electrons. The lowest BCUT2D eigenvalue weighted by atomic mass is 9.81. The molecule has 2 aromatic rings. The van der Waals surface area contributed by atoms with E-state index in [1.54, 1.807) is 0 Å². The number of carbonyl (C=O) groups excluding carboxylic acids is 1. The van der Waals surface area contributed by atoms with Gasteiger partial charge in [-0.1, -0.05) is 6.07 Å². The zero-order chi connectivity index (χ0) is 18.5. The molecule has 136 valence electrons. The van der Waals surface area contributed by atoms with Gasteiger partial charge in [-0.3, -0.25) is 4.79 Å². The second-order valence-corrected chi connectivity index (χ2v) is 7.78. The van der Waals surface area contributed by atoms with Crippen LogP contribution in [0.3, 0.4) is 0 Å². The van der Waals surface area contributed by atoms with E-state index in [1.807, 2.05) is 39.8 Å². The summed E-state index contributed by atoms with van der Waals surface area (Å²) in [6.45, 7) is 9.64. The molecule has 2 aliphatic heterocycles. The number of nitrogens with zero attached hydrogens (tertiary/aromatic N) is 3. The van der Waals surface area contributed by atoms with Gasteiger partial charge in [-0.05, 0) is 51.0 Å². The van der Waals surface area contributed by atoms with Crippen LogP contribution in [-0.4, -0.2) is 34.4 Å². The van der Waals surface area contributed by atoms with E-state index in [1.165, 1.54) is 0 Å². The molecule has 1 saturated heterocycles. The Morgan fingerprint density at radius 3 is 2.31 bits per heavy atom. The van der Waals surface area contributed by atoms with E-state index in [2.05, 4.69) is 20.9 Å². The molecule has 0 amide bonds. The Hall–Kier alpha value is -2.43. The fraction of sp³-hybridized carbons (Fsp3) is 0.476. The van der Waals surface area contributed by atoms with E-state index in [0.717, 1.165) is 65.7 Å². The summed E-state index contributed by atoms with van der Waals surface area (Å²) >= 11 is 0. The third kappa shape index (κ3) is 2.96. The molecule has 5 nitrogen and oxygen atoms in total. The SMILES string of the molecule is Cc1cc(C)c2c(c1)C(=O)CC1(CCN(c3nc(C)cc(C)n3)CC1)O2. The summed E-state index contributed by atoms with van der Waals surface area (Å²) in [7, 11) is 0. The smallest absolute Gasteiger partial charge is 0.225 e. The Morgan fingerprint density at radius 1 is 1.00 bits per heavy atom. The van der Waals surface area contributed by atoms with Crippen molar-refractivity contribution < 1.29 is 9.53 Å². The first-order valence-corrected chi connectivity index (χ1v) is 9.26. The highest BCUT2D eigenvalue weighted by Crippen LogP contribution is 2.41. The van der Waals surface area contributed by atoms with Crippen molar-refractivity contribution in [2.24, 2.45) is 0 Å². The van der Waals surface area contributed by atoms with Crippen molar-refractivity contribution >= 4 is 11.7 Å². The summed E-state index contributed by atoms with van der Waals surface area (Å²) in [6.07, 6.45) is 2.08. The number of aryl methyl sites for hydroxylation is 4. The predicted octanol–water partition coefficient (Wildman–Crippen LogP) is 3.71. The summed E-state index contributed by atoms with van der Waals surface area (Å²) < 4.78 is 6.46. The molecule has 0 unspecified atom stereocenters. The fourth-order valence-corrected chi connectivity index (χ4v) is 4.18. The van der Waals surface area contributed by atoms with Gasteiger partial charge < -0.3 is 9.64 Å². The number of rotatable bonds is 1. The maximum absolute atomic E-state index is 12.8. The molecule has 1 aromatic heterocycles. The number of ketones is 1. The molecule has 26 heavy (non-hydrogen) atoms. The van der Waals surface area contributed by atoms with Gasteiger partial charge in [0.05, 0.1) is 12.0 Å². The van der Waals surface area contributed by atoms with Crippen LogP contribution >= 0.6 is 0 Å². The van der Waals surface area contributed by atoms with Gasteiger partial charge in [0.2, 0.25) is 5.95 Å². The standard InChI is InChI=1S/C21H25N3O2/c1-13-9-14(2)19-17(10-13)18(25)12-21(26-19)5-7-24(8-6-21)20-22-15(3)11-16(4)23-20/h9-11H,5-8,12H2,1-4H3. The second-order valence-electron chi connectivity index (χ2n) is 7.78. The van der Waals surface area contributed by atoms with Gasteiger partial charge >= 0.3 is 0 Å². The summed E-state index contributed by atoms with van der Waals surface area (Å²) in [5.41, 5.74) is 4.48. The van der Waals surface area contributed by atoms with Crippen molar-refractivity contribution in [2.75, 3.05) is 18.0 Å². The van der Waals surface area contributed by atoms with E-state index in [0.29, 0.717) is 6.42 Å². The first-order chi connectivity index (χ1) is 12.3. The van der Waals surface area contributed by atoms with Crippen molar-refractivity contribution in [1.29, 1.82) is 0 Å². The van der Waals surface area contributed by atoms with Gasteiger partial charge in [-0.2, -0.15) is 0 Å². The lowest BCUT2D eigenvalue weighted by molar-refractivity contribution is 0.0224. The average molecular weight is 351 g/mol. The fourth-order valence-electron chi connectivity index (χ4n) is 4.18. The van der Waals surface area contributed by atoms with Crippen LogP contribution in [0.2, 0.25) is 0 Å². The molecule has 3 heterocycles. The van der Waals surface area contributed by atoms with Crippen LogP contribution in [0.5, 0.6) is 5.75 Å². The highest BCUT2D eigenvalue weighted by Gasteiger charge is 2.43. The first-order valence-electron chi connectivity index (χ1n) is 9.26. The lowest BCUT2D eigenvalue weighted by Crippen LogP contribution is -2.51. The van der Waals surface area contributed by atoms with E-state index >= 15 is 0 Å². The number of hydrogen-bond acceptors (Lipinski definition) is 5. The number of Topliss-reactive ketones (excluding diaryl/α,β-unsaturated/α-hetero) is 1. The Kier molecular flexibility index (Phi) is 3.98. The minimum Gasteiger partial charge on any atom is -0.486 e. The molecule has 0 atom stereocenters. The highest BCUT2D eigenvalue weighted by atomic mass is 16.5. The first kappa shape index (κ1) is 17.0. The topological polar surface area (TPSA) is 55.3 Å². The molecule has 0 aliphatic carbocycles. The van der Waals surface area contributed by atoms with Crippen LogP contribution in [0.4, 0.5) is 5.95 Å². The number of hydrogen-bond donors (Lipinski definition) is 0. The van der Waals surface area contributed by atoms with Crippen molar-refractivity contribution in [3.05, 3.63) is 46.3 Å². The Labute approximate surface area is 154 Å². The highest BCUT2D eigenvalue weighted by molar-refractivity contribution is 6.01. The van der Waals surface area contributed by atoms with Gasteiger partial charge in [0.25, 0.3) is 0 Å². The second kappa shape index (κ2) is 6.08. The number of anilines is 1. The maximum Gasteiger partial charge on any atom is 0.225 e. The third-order valence-corrected chi connectivity index (χ3v) is 5.45. The van der Waals surface area contributed by atoms with Crippen LogP contribution < -0.4 is 9.64 Å². The Morgan fingerprint density at radius 2 is 1.65 bits per heavy atom. The third-order valence-electron chi connectivity index (χ3n) is 5.45. The normalized spacial score (nSPS) is 18.6. The van der Waals surface area contributed by atoms with E-state index in [4.69, 9.17) is 4.74 Å². The molecule has 5 heteroatoms. The molecule has 1 fully saturated rings. The van der Waals surface area contributed by atoms with E-state index < -0.39 is 0 Å². The van der Waals surface area contributed by atoms with Crippen LogP contribution in [0.1, 0.15) is 52.1 Å². The summed E-state index contributed by atoms with van der Waals surface area (Å²) in [5, 5.41) is 0. The van der Waals surface area contributed by atoms with Crippen molar-refractivity contribution in [1.82, 2.24) is 9.97 Å². The summed E-state index contributed by atoms with van der Waals surface area (Å²) in [6, 6.07) is 6.03.